The zero-order valence-corrected chi connectivity index (χ0v) is 11.2. The van der Waals surface area contributed by atoms with E-state index in [9.17, 15) is 5.11 Å². The summed E-state index contributed by atoms with van der Waals surface area (Å²) in [5.74, 6) is 0.871. The van der Waals surface area contributed by atoms with Crippen molar-refractivity contribution in [2.75, 3.05) is 39.8 Å². The Balaban J connectivity index is 2.15. The van der Waals surface area contributed by atoms with Gasteiger partial charge in [-0.1, -0.05) is 13.8 Å². The van der Waals surface area contributed by atoms with Crippen LogP contribution in [0.15, 0.2) is 0 Å². The summed E-state index contributed by atoms with van der Waals surface area (Å²) in [4.78, 5) is 4.63. The first-order chi connectivity index (χ1) is 7.61. The van der Waals surface area contributed by atoms with Gasteiger partial charge in [0.25, 0.3) is 0 Å². The highest BCUT2D eigenvalue weighted by Gasteiger charge is 2.18. The summed E-state index contributed by atoms with van der Waals surface area (Å²) in [5.41, 5.74) is 0. The average molecular weight is 228 g/mol. The van der Waals surface area contributed by atoms with Crippen LogP contribution < -0.4 is 0 Å². The molecule has 0 aromatic carbocycles. The molecule has 0 spiro atoms. The minimum Gasteiger partial charge on any atom is -0.390 e. The maximum Gasteiger partial charge on any atom is 0.0793 e. The molecule has 0 aromatic rings. The van der Waals surface area contributed by atoms with Gasteiger partial charge >= 0.3 is 0 Å². The molecule has 1 fully saturated rings. The molecule has 0 saturated carbocycles. The molecule has 0 radical (unpaired) electrons. The number of piperidine rings is 1. The van der Waals surface area contributed by atoms with Crippen molar-refractivity contribution < 1.29 is 5.11 Å². The van der Waals surface area contributed by atoms with Crippen LogP contribution in [0.2, 0.25) is 0 Å². The van der Waals surface area contributed by atoms with Crippen molar-refractivity contribution >= 4 is 0 Å². The average Bonchev–Trinajstić information content (AvgIpc) is 2.21. The Morgan fingerprint density at radius 2 is 2.00 bits per heavy atom. The highest BCUT2D eigenvalue weighted by Crippen LogP contribution is 2.15. The van der Waals surface area contributed by atoms with Gasteiger partial charge in [-0.2, -0.15) is 0 Å². The third-order valence-electron chi connectivity index (χ3n) is 3.47. The molecule has 16 heavy (non-hydrogen) atoms. The van der Waals surface area contributed by atoms with Gasteiger partial charge in [0.2, 0.25) is 0 Å². The van der Waals surface area contributed by atoms with E-state index in [2.05, 4.69) is 30.7 Å². The first-order valence-corrected chi connectivity index (χ1v) is 6.70. The summed E-state index contributed by atoms with van der Waals surface area (Å²) in [6, 6.07) is 0. The number of likely N-dealkylation sites (tertiary alicyclic amines) is 1. The molecular formula is C13H28N2O. The molecule has 1 atom stereocenters. The van der Waals surface area contributed by atoms with Crippen LogP contribution in [0.1, 0.15) is 33.1 Å². The standard InChI is InChI=1S/C13H28N2O/c1-4-7-14(3)10-13(16)11-15-8-5-12(2)6-9-15/h12-13,16H,4-11H2,1-3H3. The Morgan fingerprint density at radius 1 is 1.38 bits per heavy atom. The van der Waals surface area contributed by atoms with E-state index in [4.69, 9.17) is 0 Å². The van der Waals surface area contributed by atoms with Crippen LogP contribution in [0.3, 0.4) is 0 Å². The number of aliphatic hydroxyl groups excluding tert-OH is 1. The Hall–Kier alpha value is -0.120. The first kappa shape index (κ1) is 13.9. The zero-order valence-electron chi connectivity index (χ0n) is 11.2. The van der Waals surface area contributed by atoms with Gasteiger partial charge < -0.3 is 14.9 Å². The maximum absolute atomic E-state index is 9.98. The Bertz CT molecular complexity index is 179. The second-order valence-corrected chi connectivity index (χ2v) is 5.40. The molecule has 1 aliphatic rings. The summed E-state index contributed by atoms with van der Waals surface area (Å²) in [6.45, 7) is 9.55. The van der Waals surface area contributed by atoms with Crippen LogP contribution in [0.25, 0.3) is 0 Å². The lowest BCUT2D eigenvalue weighted by Gasteiger charge is -2.32. The molecule has 0 aromatic heterocycles. The number of β-amino-alcohol motifs (C(OH)–C–C–N with tert-alkyl or cyclic N) is 1. The fourth-order valence-corrected chi connectivity index (χ4v) is 2.43. The van der Waals surface area contributed by atoms with Crippen molar-refractivity contribution in [3.05, 3.63) is 0 Å². The summed E-state index contributed by atoms with van der Waals surface area (Å²) in [7, 11) is 2.09. The molecule has 0 amide bonds. The lowest BCUT2D eigenvalue weighted by atomic mass is 9.99. The van der Waals surface area contributed by atoms with Crippen molar-refractivity contribution in [3.8, 4) is 0 Å². The smallest absolute Gasteiger partial charge is 0.0793 e. The van der Waals surface area contributed by atoms with Crippen molar-refractivity contribution in [1.82, 2.24) is 9.80 Å². The van der Waals surface area contributed by atoms with Crippen molar-refractivity contribution in [1.29, 1.82) is 0 Å². The maximum atomic E-state index is 9.98. The van der Waals surface area contributed by atoms with E-state index in [1.54, 1.807) is 0 Å². The zero-order chi connectivity index (χ0) is 12.0. The van der Waals surface area contributed by atoms with Crippen molar-refractivity contribution in [3.63, 3.8) is 0 Å². The summed E-state index contributed by atoms with van der Waals surface area (Å²) < 4.78 is 0. The molecule has 0 aliphatic carbocycles. The molecule has 3 heteroatoms. The molecule has 3 nitrogen and oxygen atoms in total. The Morgan fingerprint density at radius 3 is 2.56 bits per heavy atom. The number of likely N-dealkylation sites (N-methyl/N-ethyl adjacent to an activating group) is 1. The Labute approximate surface area is 100 Å². The topological polar surface area (TPSA) is 26.7 Å². The van der Waals surface area contributed by atoms with Gasteiger partial charge in [-0.25, -0.2) is 0 Å². The van der Waals surface area contributed by atoms with E-state index in [1.807, 2.05) is 0 Å². The molecule has 1 aliphatic heterocycles. The van der Waals surface area contributed by atoms with Gasteiger partial charge in [0.1, 0.15) is 0 Å². The summed E-state index contributed by atoms with van der Waals surface area (Å²) in [5, 5.41) is 9.98. The van der Waals surface area contributed by atoms with Crippen LogP contribution in [0.5, 0.6) is 0 Å². The van der Waals surface area contributed by atoms with Crippen molar-refractivity contribution in [2.45, 2.75) is 39.2 Å². The van der Waals surface area contributed by atoms with Gasteiger partial charge in [0, 0.05) is 13.1 Å². The highest BCUT2D eigenvalue weighted by atomic mass is 16.3. The van der Waals surface area contributed by atoms with Gasteiger partial charge in [-0.05, 0) is 51.9 Å². The molecule has 1 heterocycles. The number of hydrogen-bond acceptors (Lipinski definition) is 3. The van der Waals surface area contributed by atoms with Gasteiger partial charge in [-0.3, -0.25) is 0 Å². The van der Waals surface area contributed by atoms with E-state index >= 15 is 0 Å². The van der Waals surface area contributed by atoms with Crippen LogP contribution in [0.4, 0.5) is 0 Å². The van der Waals surface area contributed by atoms with Crippen LogP contribution >= 0.6 is 0 Å². The van der Waals surface area contributed by atoms with Crippen LogP contribution in [-0.2, 0) is 0 Å². The molecule has 1 rings (SSSR count). The normalized spacial score (nSPS) is 21.6. The van der Waals surface area contributed by atoms with Gasteiger partial charge in [0.05, 0.1) is 6.10 Å². The minimum absolute atomic E-state index is 0.190. The van der Waals surface area contributed by atoms with Crippen molar-refractivity contribution in [2.24, 2.45) is 5.92 Å². The van der Waals surface area contributed by atoms with Gasteiger partial charge in [-0.15, -0.1) is 0 Å². The number of aliphatic hydroxyl groups is 1. The lowest BCUT2D eigenvalue weighted by molar-refractivity contribution is 0.0679. The van der Waals surface area contributed by atoms with E-state index < -0.39 is 0 Å². The fraction of sp³-hybridized carbons (Fsp3) is 1.00. The lowest BCUT2D eigenvalue weighted by Crippen LogP contribution is -2.42. The quantitative estimate of drug-likeness (QED) is 0.745. The minimum atomic E-state index is -0.190. The number of rotatable bonds is 6. The number of hydrogen-bond donors (Lipinski definition) is 1. The predicted molar refractivity (Wildman–Crippen MR) is 68.6 cm³/mol. The van der Waals surface area contributed by atoms with Crippen LogP contribution in [-0.4, -0.2) is 60.8 Å². The molecule has 1 saturated heterocycles. The third kappa shape index (κ3) is 5.28. The first-order valence-electron chi connectivity index (χ1n) is 6.70. The molecule has 1 N–H and O–H groups in total. The summed E-state index contributed by atoms with van der Waals surface area (Å²) >= 11 is 0. The fourth-order valence-electron chi connectivity index (χ4n) is 2.43. The highest BCUT2D eigenvalue weighted by molar-refractivity contribution is 4.73. The second kappa shape index (κ2) is 7.25. The monoisotopic (exact) mass is 228 g/mol. The van der Waals surface area contributed by atoms with Crippen LogP contribution in [0, 0.1) is 5.92 Å². The van der Waals surface area contributed by atoms with Gasteiger partial charge in [0.15, 0.2) is 0 Å². The van der Waals surface area contributed by atoms with E-state index in [0.29, 0.717) is 0 Å². The predicted octanol–water partition coefficient (Wildman–Crippen LogP) is 1.42. The molecule has 0 bridgehead atoms. The SMILES string of the molecule is CCCN(C)CC(O)CN1CCC(C)CC1. The molecular weight excluding hydrogens is 200 g/mol. The van der Waals surface area contributed by atoms with E-state index in [1.165, 1.54) is 12.8 Å². The van der Waals surface area contributed by atoms with E-state index in [0.717, 1.165) is 45.1 Å². The summed E-state index contributed by atoms with van der Waals surface area (Å²) in [6.07, 6.45) is 3.55. The second-order valence-electron chi connectivity index (χ2n) is 5.40. The largest absolute Gasteiger partial charge is 0.390 e. The molecule has 96 valence electrons. The van der Waals surface area contributed by atoms with E-state index in [-0.39, 0.29) is 6.10 Å². The third-order valence-corrected chi connectivity index (χ3v) is 3.47. The molecule has 1 unspecified atom stereocenters. The number of nitrogens with zero attached hydrogens (tertiary/aromatic N) is 2. The Kier molecular flexibility index (Phi) is 6.32.